The number of aryl methyl sites for hydroxylation is 1. The second kappa shape index (κ2) is 11.0. The summed E-state index contributed by atoms with van der Waals surface area (Å²) in [6.07, 6.45) is 1.89. The summed E-state index contributed by atoms with van der Waals surface area (Å²) in [6.45, 7) is 8.54. The molecule has 1 saturated heterocycles. The van der Waals surface area contributed by atoms with Crippen molar-refractivity contribution in [2.24, 2.45) is 4.99 Å². The van der Waals surface area contributed by atoms with Crippen LogP contribution in [0.2, 0.25) is 0 Å². The number of thiazole rings is 1. The van der Waals surface area contributed by atoms with Crippen LogP contribution in [0.3, 0.4) is 0 Å². The van der Waals surface area contributed by atoms with Gasteiger partial charge in [0.25, 0.3) is 0 Å². The molecule has 2 heterocycles. The van der Waals surface area contributed by atoms with E-state index in [-0.39, 0.29) is 0 Å². The van der Waals surface area contributed by atoms with E-state index in [0.717, 1.165) is 55.1 Å². The van der Waals surface area contributed by atoms with E-state index in [9.17, 15) is 0 Å². The van der Waals surface area contributed by atoms with Crippen molar-refractivity contribution in [3.63, 3.8) is 0 Å². The fraction of sp³-hybridized carbons (Fsp3) is 0.500. The SMILES string of the molecule is CN=C(NCc1ncc(C)s1)NCc1ccccc1OCCN1CCOCC1. The second-order valence-electron chi connectivity index (χ2n) is 6.55. The van der Waals surface area contributed by atoms with Gasteiger partial charge in [0.15, 0.2) is 5.96 Å². The van der Waals surface area contributed by atoms with E-state index in [0.29, 0.717) is 19.7 Å². The van der Waals surface area contributed by atoms with Gasteiger partial charge in [-0.1, -0.05) is 18.2 Å². The number of aromatic nitrogens is 1. The first-order chi connectivity index (χ1) is 13.7. The number of aliphatic imine (C=N–C) groups is 1. The third-order valence-corrected chi connectivity index (χ3v) is 5.40. The number of guanidine groups is 1. The number of morpholine rings is 1. The molecule has 1 aliphatic rings. The molecular weight excluding hydrogens is 374 g/mol. The maximum atomic E-state index is 6.05. The largest absolute Gasteiger partial charge is 0.492 e. The number of ether oxygens (including phenoxy) is 2. The standard InChI is InChI=1S/C20H29N5O2S/c1-16-13-22-19(28-16)15-24-20(21-2)23-14-17-5-3-4-6-18(17)27-12-9-25-7-10-26-11-8-25/h3-6,13H,7-12,14-15H2,1-2H3,(H2,21,23,24). The number of para-hydroxylation sites is 1. The Morgan fingerprint density at radius 2 is 2.04 bits per heavy atom. The number of nitrogens with one attached hydrogen (secondary N) is 2. The minimum atomic E-state index is 0.643. The van der Waals surface area contributed by atoms with Crippen molar-refractivity contribution < 1.29 is 9.47 Å². The van der Waals surface area contributed by atoms with Gasteiger partial charge in [-0.2, -0.15) is 0 Å². The molecule has 0 bridgehead atoms. The highest BCUT2D eigenvalue weighted by atomic mass is 32.1. The maximum absolute atomic E-state index is 6.05. The molecular formula is C20H29N5O2S. The predicted octanol–water partition coefficient (Wildman–Crippen LogP) is 2.03. The van der Waals surface area contributed by atoms with Gasteiger partial charge in [-0.25, -0.2) is 4.98 Å². The van der Waals surface area contributed by atoms with E-state index in [1.54, 1.807) is 18.4 Å². The normalized spacial score (nSPS) is 15.4. The lowest BCUT2D eigenvalue weighted by molar-refractivity contribution is 0.0322. The molecule has 8 heteroatoms. The minimum Gasteiger partial charge on any atom is -0.492 e. The summed E-state index contributed by atoms with van der Waals surface area (Å²) >= 11 is 1.69. The average Bonchev–Trinajstić information content (AvgIpc) is 3.15. The lowest BCUT2D eigenvalue weighted by atomic mass is 10.2. The first-order valence-corrected chi connectivity index (χ1v) is 10.4. The van der Waals surface area contributed by atoms with Gasteiger partial charge < -0.3 is 20.1 Å². The lowest BCUT2D eigenvalue weighted by Crippen LogP contribution is -2.38. The van der Waals surface area contributed by atoms with Crippen LogP contribution in [0.4, 0.5) is 0 Å². The zero-order valence-corrected chi connectivity index (χ0v) is 17.4. The molecule has 0 radical (unpaired) electrons. The van der Waals surface area contributed by atoms with Crippen LogP contribution in [0.15, 0.2) is 35.5 Å². The highest BCUT2D eigenvalue weighted by Crippen LogP contribution is 2.18. The molecule has 0 unspecified atom stereocenters. The molecule has 2 aromatic rings. The Hall–Kier alpha value is -2.16. The second-order valence-corrected chi connectivity index (χ2v) is 7.87. The third-order valence-electron chi connectivity index (χ3n) is 4.49. The number of benzene rings is 1. The van der Waals surface area contributed by atoms with E-state index in [1.807, 2.05) is 24.4 Å². The van der Waals surface area contributed by atoms with Crippen molar-refractivity contribution in [2.45, 2.75) is 20.0 Å². The molecule has 2 N–H and O–H groups in total. The molecule has 152 valence electrons. The van der Waals surface area contributed by atoms with Crippen LogP contribution >= 0.6 is 11.3 Å². The van der Waals surface area contributed by atoms with Crippen LogP contribution in [0.5, 0.6) is 5.75 Å². The van der Waals surface area contributed by atoms with Gasteiger partial charge in [-0.15, -0.1) is 11.3 Å². The Kier molecular flexibility index (Phi) is 8.07. The van der Waals surface area contributed by atoms with E-state index >= 15 is 0 Å². The van der Waals surface area contributed by atoms with Crippen LogP contribution in [0.25, 0.3) is 0 Å². The fourth-order valence-corrected chi connectivity index (χ4v) is 3.67. The molecule has 1 fully saturated rings. The Balaban J connectivity index is 1.46. The Labute approximate surface area is 170 Å². The average molecular weight is 404 g/mol. The van der Waals surface area contributed by atoms with Crippen LogP contribution in [-0.4, -0.2) is 62.3 Å². The Morgan fingerprint density at radius 3 is 2.79 bits per heavy atom. The molecule has 1 aliphatic heterocycles. The molecule has 3 rings (SSSR count). The number of hydrogen-bond acceptors (Lipinski definition) is 6. The fourth-order valence-electron chi connectivity index (χ4n) is 2.94. The van der Waals surface area contributed by atoms with Gasteiger partial charge in [0.1, 0.15) is 17.4 Å². The maximum Gasteiger partial charge on any atom is 0.191 e. The highest BCUT2D eigenvalue weighted by molar-refractivity contribution is 7.11. The van der Waals surface area contributed by atoms with Crippen molar-refractivity contribution in [1.82, 2.24) is 20.5 Å². The smallest absolute Gasteiger partial charge is 0.191 e. The number of nitrogens with zero attached hydrogens (tertiary/aromatic N) is 3. The molecule has 0 spiro atoms. The van der Waals surface area contributed by atoms with Gasteiger partial charge in [0.2, 0.25) is 0 Å². The minimum absolute atomic E-state index is 0.643. The molecule has 7 nitrogen and oxygen atoms in total. The van der Waals surface area contributed by atoms with Crippen molar-refractivity contribution in [3.05, 3.63) is 45.9 Å². The van der Waals surface area contributed by atoms with E-state index < -0.39 is 0 Å². The zero-order valence-electron chi connectivity index (χ0n) is 16.6. The van der Waals surface area contributed by atoms with Gasteiger partial charge in [0, 0.05) is 49.9 Å². The summed E-state index contributed by atoms with van der Waals surface area (Å²) in [7, 11) is 1.77. The summed E-state index contributed by atoms with van der Waals surface area (Å²) in [5, 5.41) is 7.70. The van der Waals surface area contributed by atoms with Crippen molar-refractivity contribution >= 4 is 17.3 Å². The summed E-state index contributed by atoms with van der Waals surface area (Å²) in [6, 6.07) is 8.13. The van der Waals surface area contributed by atoms with Crippen molar-refractivity contribution in [1.29, 1.82) is 0 Å². The highest BCUT2D eigenvalue weighted by Gasteiger charge is 2.11. The third kappa shape index (κ3) is 6.47. The Bertz CT molecular complexity index is 759. The molecule has 0 amide bonds. The molecule has 0 saturated carbocycles. The first kappa shape index (κ1) is 20.6. The van der Waals surface area contributed by atoms with Gasteiger partial charge in [-0.05, 0) is 13.0 Å². The van der Waals surface area contributed by atoms with Crippen LogP contribution in [0, 0.1) is 6.92 Å². The summed E-state index contributed by atoms with van der Waals surface area (Å²) in [5.74, 6) is 1.66. The quantitative estimate of drug-likeness (QED) is 0.519. The van der Waals surface area contributed by atoms with Gasteiger partial charge in [0.05, 0.1) is 19.8 Å². The molecule has 1 aromatic carbocycles. The number of hydrogen-bond donors (Lipinski definition) is 2. The monoisotopic (exact) mass is 403 g/mol. The van der Waals surface area contributed by atoms with Gasteiger partial charge in [-0.3, -0.25) is 9.89 Å². The van der Waals surface area contributed by atoms with Crippen molar-refractivity contribution in [3.8, 4) is 5.75 Å². The number of rotatable bonds is 8. The van der Waals surface area contributed by atoms with Gasteiger partial charge >= 0.3 is 0 Å². The summed E-state index contributed by atoms with van der Waals surface area (Å²) < 4.78 is 11.4. The Morgan fingerprint density at radius 1 is 1.25 bits per heavy atom. The van der Waals surface area contributed by atoms with Crippen LogP contribution < -0.4 is 15.4 Å². The zero-order chi connectivity index (χ0) is 19.6. The van der Waals surface area contributed by atoms with Crippen LogP contribution in [0.1, 0.15) is 15.4 Å². The van der Waals surface area contributed by atoms with Crippen LogP contribution in [-0.2, 0) is 17.8 Å². The first-order valence-electron chi connectivity index (χ1n) is 9.61. The molecule has 0 aliphatic carbocycles. The summed E-state index contributed by atoms with van der Waals surface area (Å²) in [5.41, 5.74) is 1.11. The molecule has 1 aromatic heterocycles. The van der Waals surface area contributed by atoms with E-state index in [1.165, 1.54) is 4.88 Å². The topological polar surface area (TPSA) is 71.0 Å². The predicted molar refractivity (Wildman–Crippen MR) is 113 cm³/mol. The molecule has 28 heavy (non-hydrogen) atoms. The van der Waals surface area contributed by atoms with Crippen molar-refractivity contribution in [2.75, 3.05) is 46.5 Å². The molecule has 0 atom stereocenters. The summed E-state index contributed by atoms with van der Waals surface area (Å²) in [4.78, 5) is 12.2. The van der Waals surface area contributed by atoms with E-state index in [4.69, 9.17) is 9.47 Å². The van der Waals surface area contributed by atoms with E-state index in [2.05, 4.69) is 38.5 Å². The lowest BCUT2D eigenvalue weighted by Gasteiger charge is -2.26.